The predicted octanol–water partition coefficient (Wildman–Crippen LogP) is 4.78. The van der Waals surface area contributed by atoms with Crippen molar-refractivity contribution in [1.29, 1.82) is 0 Å². The molecule has 0 aromatic heterocycles. The van der Waals surface area contributed by atoms with E-state index in [1.165, 1.54) is 51.4 Å². The van der Waals surface area contributed by atoms with Gasteiger partial charge >= 0.3 is 0 Å². The van der Waals surface area contributed by atoms with Crippen LogP contribution in [0.5, 0.6) is 0 Å². The minimum Gasteiger partial charge on any atom is -0.396 e. The zero-order valence-corrected chi connectivity index (χ0v) is 11.7. The highest BCUT2D eigenvalue weighted by Gasteiger charge is 2.19. The van der Waals surface area contributed by atoms with Crippen molar-refractivity contribution in [3.8, 4) is 0 Å². The van der Waals surface area contributed by atoms with E-state index in [4.69, 9.17) is 5.11 Å². The van der Waals surface area contributed by atoms with E-state index in [-0.39, 0.29) is 0 Å². The second kappa shape index (κ2) is 11.4. The first-order chi connectivity index (χ1) is 7.86. The van der Waals surface area contributed by atoms with Crippen LogP contribution in [0.1, 0.15) is 78.6 Å². The first-order valence-electron chi connectivity index (χ1n) is 7.47. The van der Waals surface area contributed by atoms with Crippen molar-refractivity contribution in [1.82, 2.24) is 0 Å². The maximum Gasteiger partial charge on any atom is 0.0431 e. The van der Waals surface area contributed by atoms with E-state index in [2.05, 4.69) is 6.92 Å². The Balaban J connectivity index is 0.00000106. The molecule has 1 fully saturated rings. The summed E-state index contributed by atoms with van der Waals surface area (Å²) in [6, 6.07) is 0. The van der Waals surface area contributed by atoms with Crippen molar-refractivity contribution < 1.29 is 5.11 Å². The van der Waals surface area contributed by atoms with Crippen LogP contribution in [-0.2, 0) is 0 Å². The van der Waals surface area contributed by atoms with Crippen LogP contribution in [0.4, 0.5) is 0 Å². The molecule has 0 spiro atoms. The predicted molar refractivity (Wildman–Crippen MR) is 72.6 cm³/mol. The van der Waals surface area contributed by atoms with Crippen molar-refractivity contribution in [2.45, 2.75) is 78.6 Å². The van der Waals surface area contributed by atoms with E-state index in [0.29, 0.717) is 6.61 Å². The average molecular weight is 228 g/mol. The lowest BCUT2D eigenvalue weighted by atomic mass is 9.78. The second-order valence-electron chi connectivity index (χ2n) is 4.89. The summed E-state index contributed by atoms with van der Waals surface area (Å²) in [5.41, 5.74) is 0. The summed E-state index contributed by atoms with van der Waals surface area (Å²) in [7, 11) is 0. The van der Waals surface area contributed by atoms with Gasteiger partial charge in [-0.1, -0.05) is 72.1 Å². The third-order valence-corrected chi connectivity index (χ3v) is 3.68. The van der Waals surface area contributed by atoms with E-state index >= 15 is 0 Å². The van der Waals surface area contributed by atoms with Gasteiger partial charge < -0.3 is 5.11 Å². The molecule has 0 amide bonds. The van der Waals surface area contributed by atoms with Crippen LogP contribution < -0.4 is 0 Å². The molecule has 0 heterocycles. The molecule has 1 rings (SSSR count). The SMILES string of the molecule is CC.CCCC1CCC(CCCCO)CC1. The molecule has 1 nitrogen and oxygen atoms in total. The van der Waals surface area contributed by atoms with Crippen molar-refractivity contribution in [2.24, 2.45) is 11.8 Å². The normalized spacial score (nSPS) is 24.8. The molecule has 0 radical (unpaired) electrons. The third-order valence-electron chi connectivity index (χ3n) is 3.68. The van der Waals surface area contributed by atoms with Gasteiger partial charge in [-0.05, 0) is 18.3 Å². The number of hydrogen-bond donors (Lipinski definition) is 1. The van der Waals surface area contributed by atoms with E-state index in [1.807, 2.05) is 13.8 Å². The van der Waals surface area contributed by atoms with Gasteiger partial charge in [0.25, 0.3) is 0 Å². The van der Waals surface area contributed by atoms with Crippen molar-refractivity contribution in [3.05, 3.63) is 0 Å². The molecule has 0 atom stereocenters. The summed E-state index contributed by atoms with van der Waals surface area (Å²) in [6.07, 6.45) is 12.3. The van der Waals surface area contributed by atoms with Crippen LogP contribution in [0.3, 0.4) is 0 Å². The molecule has 1 aliphatic carbocycles. The lowest BCUT2D eigenvalue weighted by Crippen LogP contribution is -2.14. The number of aliphatic hydroxyl groups is 1. The zero-order chi connectivity index (χ0) is 12.2. The number of aliphatic hydroxyl groups excluding tert-OH is 1. The summed E-state index contributed by atoms with van der Waals surface area (Å²) < 4.78 is 0. The van der Waals surface area contributed by atoms with Gasteiger partial charge in [0.05, 0.1) is 0 Å². The standard InChI is InChI=1S/C13H26O.C2H6/c1-2-5-12-7-9-13(10-8-12)6-3-4-11-14;1-2/h12-14H,2-11H2,1H3;1-2H3. The highest BCUT2D eigenvalue weighted by Crippen LogP contribution is 2.33. The molecular weight excluding hydrogens is 196 g/mol. The lowest BCUT2D eigenvalue weighted by Gasteiger charge is -2.28. The molecule has 1 heteroatoms. The fraction of sp³-hybridized carbons (Fsp3) is 1.00. The molecular formula is C15H32O. The van der Waals surface area contributed by atoms with Crippen molar-refractivity contribution in [3.63, 3.8) is 0 Å². The van der Waals surface area contributed by atoms with Crippen molar-refractivity contribution in [2.75, 3.05) is 6.61 Å². The number of unbranched alkanes of at least 4 members (excludes halogenated alkanes) is 1. The Kier molecular flexibility index (Phi) is 11.4. The molecule has 16 heavy (non-hydrogen) atoms. The first kappa shape index (κ1) is 16.0. The lowest BCUT2D eigenvalue weighted by molar-refractivity contribution is 0.235. The minimum atomic E-state index is 0.380. The van der Waals surface area contributed by atoms with Gasteiger partial charge in [-0.15, -0.1) is 0 Å². The maximum atomic E-state index is 8.71. The summed E-state index contributed by atoms with van der Waals surface area (Å²) in [5, 5.41) is 8.71. The van der Waals surface area contributed by atoms with Gasteiger partial charge in [0.15, 0.2) is 0 Å². The van der Waals surface area contributed by atoms with Crippen LogP contribution in [0.25, 0.3) is 0 Å². The van der Waals surface area contributed by atoms with Gasteiger partial charge in [0, 0.05) is 6.61 Å². The van der Waals surface area contributed by atoms with Gasteiger partial charge in [0.2, 0.25) is 0 Å². The minimum absolute atomic E-state index is 0.380. The van der Waals surface area contributed by atoms with Crippen LogP contribution in [0, 0.1) is 11.8 Å². The fourth-order valence-corrected chi connectivity index (χ4v) is 2.76. The number of hydrogen-bond acceptors (Lipinski definition) is 1. The first-order valence-corrected chi connectivity index (χ1v) is 7.47. The monoisotopic (exact) mass is 228 g/mol. The molecule has 1 N–H and O–H groups in total. The Hall–Kier alpha value is -0.0400. The summed E-state index contributed by atoms with van der Waals surface area (Å²) >= 11 is 0. The molecule has 1 saturated carbocycles. The highest BCUT2D eigenvalue weighted by molar-refractivity contribution is 4.72. The highest BCUT2D eigenvalue weighted by atomic mass is 16.2. The van der Waals surface area contributed by atoms with Crippen LogP contribution in [0.15, 0.2) is 0 Å². The second-order valence-corrected chi connectivity index (χ2v) is 4.89. The van der Waals surface area contributed by atoms with Crippen molar-refractivity contribution >= 4 is 0 Å². The Labute approximate surface area is 103 Å². The molecule has 98 valence electrons. The van der Waals surface area contributed by atoms with Crippen LogP contribution in [-0.4, -0.2) is 11.7 Å². The zero-order valence-electron chi connectivity index (χ0n) is 11.7. The summed E-state index contributed by atoms with van der Waals surface area (Å²) in [4.78, 5) is 0. The molecule has 0 unspecified atom stereocenters. The van der Waals surface area contributed by atoms with E-state index in [1.54, 1.807) is 0 Å². The molecule has 0 aliphatic heterocycles. The number of rotatable bonds is 6. The molecule has 0 aromatic carbocycles. The molecule has 0 bridgehead atoms. The van der Waals surface area contributed by atoms with Crippen LogP contribution in [0.2, 0.25) is 0 Å². The smallest absolute Gasteiger partial charge is 0.0431 e. The average Bonchev–Trinajstić information content (AvgIpc) is 2.35. The van der Waals surface area contributed by atoms with Gasteiger partial charge in [-0.2, -0.15) is 0 Å². The third kappa shape index (κ3) is 7.27. The quantitative estimate of drug-likeness (QED) is 0.649. The summed E-state index contributed by atoms with van der Waals surface area (Å²) in [6.45, 7) is 6.68. The van der Waals surface area contributed by atoms with Gasteiger partial charge in [-0.3, -0.25) is 0 Å². The molecule has 1 aliphatic rings. The van der Waals surface area contributed by atoms with Crippen LogP contribution >= 0.6 is 0 Å². The van der Waals surface area contributed by atoms with E-state index in [0.717, 1.165) is 18.3 Å². The Morgan fingerprint density at radius 2 is 1.38 bits per heavy atom. The largest absolute Gasteiger partial charge is 0.396 e. The Morgan fingerprint density at radius 1 is 0.875 bits per heavy atom. The molecule has 0 saturated heterocycles. The Morgan fingerprint density at radius 3 is 1.81 bits per heavy atom. The Bertz CT molecular complexity index is 125. The van der Waals surface area contributed by atoms with E-state index in [9.17, 15) is 0 Å². The maximum absolute atomic E-state index is 8.71. The van der Waals surface area contributed by atoms with Gasteiger partial charge in [-0.25, -0.2) is 0 Å². The molecule has 0 aromatic rings. The van der Waals surface area contributed by atoms with E-state index < -0.39 is 0 Å². The topological polar surface area (TPSA) is 20.2 Å². The summed E-state index contributed by atoms with van der Waals surface area (Å²) in [5.74, 6) is 2.02. The van der Waals surface area contributed by atoms with Gasteiger partial charge in [0.1, 0.15) is 0 Å². The fourth-order valence-electron chi connectivity index (χ4n) is 2.76.